The molecule has 26 heavy (non-hydrogen) atoms. The average Bonchev–Trinajstić information content (AvgIpc) is 2.63. The zero-order valence-corrected chi connectivity index (χ0v) is 17.0. The third kappa shape index (κ3) is 5.96. The number of sulfonamides is 1. The molecule has 0 saturated carbocycles. The summed E-state index contributed by atoms with van der Waals surface area (Å²) >= 11 is 0. The summed E-state index contributed by atoms with van der Waals surface area (Å²) in [4.78, 5) is 12.6. The van der Waals surface area contributed by atoms with Crippen LogP contribution in [0.25, 0.3) is 0 Å². The number of hydrogen-bond acceptors (Lipinski definition) is 5. The zero-order valence-electron chi connectivity index (χ0n) is 16.2. The first-order chi connectivity index (χ1) is 12.1. The Labute approximate surface area is 156 Å². The summed E-state index contributed by atoms with van der Waals surface area (Å²) in [5.74, 6) is -0.0483. The molecule has 0 bridgehead atoms. The fourth-order valence-electron chi connectivity index (χ4n) is 2.36. The second-order valence-corrected chi connectivity index (χ2v) is 8.52. The van der Waals surface area contributed by atoms with Gasteiger partial charge in [-0.3, -0.25) is 4.79 Å². The molecule has 1 aromatic rings. The maximum atomic E-state index is 12.6. The Morgan fingerprint density at radius 3 is 2.15 bits per heavy atom. The summed E-state index contributed by atoms with van der Waals surface area (Å²) in [5.41, 5.74) is 5.71. The van der Waals surface area contributed by atoms with Crippen molar-refractivity contribution in [3.8, 4) is 5.75 Å². The van der Waals surface area contributed by atoms with E-state index in [9.17, 15) is 13.2 Å². The maximum Gasteiger partial charge on any atom is 0.241 e. The van der Waals surface area contributed by atoms with Gasteiger partial charge in [0.1, 0.15) is 11.8 Å². The fraction of sp³-hybridized carbons (Fsp3) is 0.611. The Balaban J connectivity index is 2.90. The van der Waals surface area contributed by atoms with Gasteiger partial charge in [-0.1, -0.05) is 27.7 Å². The highest BCUT2D eigenvalue weighted by atomic mass is 32.2. The van der Waals surface area contributed by atoms with E-state index < -0.39 is 21.6 Å². The molecule has 0 heterocycles. The fourth-order valence-corrected chi connectivity index (χ4v) is 3.70. The van der Waals surface area contributed by atoms with Gasteiger partial charge < -0.3 is 15.8 Å². The molecule has 0 aliphatic rings. The van der Waals surface area contributed by atoms with Crippen LogP contribution >= 0.6 is 0 Å². The van der Waals surface area contributed by atoms with Crippen LogP contribution in [0.2, 0.25) is 0 Å². The van der Waals surface area contributed by atoms with Crippen molar-refractivity contribution in [3.63, 3.8) is 0 Å². The van der Waals surface area contributed by atoms with E-state index in [0.717, 1.165) is 0 Å². The van der Waals surface area contributed by atoms with Crippen LogP contribution in [0, 0.1) is 5.92 Å². The first-order valence-electron chi connectivity index (χ1n) is 8.81. The predicted octanol–water partition coefficient (Wildman–Crippen LogP) is 1.63. The molecule has 4 N–H and O–H groups in total. The predicted molar refractivity (Wildman–Crippen MR) is 102 cm³/mol. The molecule has 8 heteroatoms. The van der Waals surface area contributed by atoms with Crippen molar-refractivity contribution in [2.75, 3.05) is 13.7 Å². The van der Waals surface area contributed by atoms with Crippen LogP contribution in [0.1, 0.15) is 40.5 Å². The lowest BCUT2D eigenvalue weighted by Crippen LogP contribution is -2.55. The summed E-state index contributed by atoms with van der Waals surface area (Å²) < 4.78 is 32.7. The molecule has 1 aromatic carbocycles. The SMILES string of the molecule is CCC(N)(CC)CNC(=O)C(NS(=O)(=O)c1ccc(OC)cc1)C(C)C. The van der Waals surface area contributed by atoms with Crippen LogP contribution < -0.4 is 20.5 Å². The molecule has 1 rings (SSSR count). The van der Waals surface area contributed by atoms with Crippen molar-refractivity contribution in [1.82, 2.24) is 10.0 Å². The molecule has 0 aliphatic carbocycles. The largest absolute Gasteiger partial charge is 0.497 e. The summed E-state index contributed by atoms with van der Waals surface area (Å²) in [7, 11) is -2.33. The highest BCUT2D eigenvalue weighted by Crippen LogP contribution is 2.17. The molecular weight excluding hydrogens is 354 g/mol. The van der Waals surface area contributed by atoms with Crippen LogP contribution in [-0.2, 0) is 14.8 Å². The van der Waals surface area contributed by atoms with Crippen molar-refractivity contribution < 1.29 is 17.9 Å². The van der Waals surface area contributed by atoms with E-state index in [4.69, 9.17) is 10.5 Å². The molecule has 0 aliphatic heterocycles. The lowest BCUT2D eigenvalue weighted by atomic mass is 9.94. The van der Waals surface area contributed by atoms with E-state index in [0.29, 0.717) is 25.1 Å². The molecule has 1 atom stereocenters. The van der Waals surface area contributed by atoms with Crippen molar-refractivity contribution in [1.29, 1.82) is 0 Å². The van der Waals surface area contributed by atoms with E-state index in [2.05, 4.69) is 10.0 Å². The van der Waals surface area contributed by atoms with Gasteiger partial charge in [-0.15, -0.1) is 0 Å². The van der Waals surface area contributed by atoms with Gasteiger partial charge in [0.05, 0.1) is 12.0 Å². The van der Waals surface area contributed by atoms with E-state index in [-0.39, 0.29) is 16.7 Å². The van der Waals surface area contributed by atoms with E-state index in [1.54, 1.807) is 26.0 Å². The normalized spacial score (nSPS) is 13.5. The topological polar surface area (TPSA) is 111 Å². The van der Waals surface area contributed by atoms with E-state index in [1.165, 1.54) is 19.2 Å². The Bertz CT molecular complexity index is 683. The second-order valence-electron chi connectivity index (χ2n) is 6.81. The van der Waals surface area contributed by atoms with Crippen molar-refractivity contribution in [2.45, 2.75) is 57.0 Å². The van der Waals surface area contributed by atoms with Crippen molar-refractivity contribution >= 4 is 15.9 Å². The van der Waals surface area contributed by atoms with Gasteiger partial charge in [0, 0.05) is 12.1 Å². The van der Waals surface area contributed by atoms with Gasteiger partial charge in [0.2, 0.25) is 15.9 Å². The number of methoxy groups -OCH3 is 1. The maximum absolute atomic E-state index is 12.6. The summed E-state index contributed by atoms with van der Waals surface area (Å²) in [6.07, 6.45) is 1.43. The number of rotatable bonds is 10. The third-order valence-corrected chi connectivity index (χ3v) is 6.08. The van der Waals surface area contributed by atoms with E-state index in [1.807, 2.05) is 13.8 Å². The number of hydrogen-bond donors (Lipinski definition) is 3. The molecule has 7 nitrogen and oxygen atoms in total. The van der Waals surface area contributed by atoms with Gasteiger partial charge in [-0.2, -0.15) is 4.72 Å². The lowest BCUT2D eigenvalue weighted by Gasteiger charge is -2.29. The Hall–Kier alpha value is -1.64. The Morgan fingerprint density at radius 2 is 1.73 bits per heavy atom. The van der Waals surface area contributed by atoms with Gasteiger partial charge >= 0.3 is 0 Å². The number of amides is 1. The molecule has 1 amide bonds. The lowest BCUT2D eigenvalue weighted by molar-refractivity contribution is -0.123. The molecule has 0 aromatic heterocycles. The van der Waals surface area contributed by atoms with Crippen molar-refractivity contribution in [3.05, 3.63) is 24.3 Å². The van der Waals surface area contributed by atoms with Crippen LogP contribution in [0.3, 0.4) is 0 Å². The Kier molecular flexibility index (Phi) is 8.05. The van der Waals surface area contributed by atoms with Crippen LogP contribution in [0.15, 0.2) is 29.2 Å². The molecule has 0 fully saturated rings. The molecule has 0 spiro atoms. The minimum atomic E-state index is -3.84. The van der Waals surface area contributed by atoms with Gasteiger partial charge in [0.25, 0.3) is 0 Å². The molecule has 0 radical (unpaired) electrons. The van der Waals surface area contributed by atoms with Crippen LogP contribution in [-0.4, -0.2) is 39.6 Å². The average molecular weight is 386 g/mol. The number of carbonyl (C=O) groups is 1. The summed E-state index contributed by atoms with van der Waals surface area (Å²) in [6, 6.07) is 5.11. The minimum Gasteiger partial charge on any atom is -0.497 e. The summed E-state index contributed by atoms with van der Waals surface area (Å²) in [6.45, 7) is 7.79. The monoisotopic (exact) mass is 385 g/mol. The Morgan fingerprint density at radius 1 is 1.19 bits per heavy atom. The van der Waals surface area contributed by atoms with Crippen molar-refractivity contribution in [2.24, 2.45) is 11.7 Å². The quantitative estimate of drug-likeness (QED) is 0.567. The first kappa shape index (κ1) is 22.4. The first-order valence-corrected chi connectivity index (χ1v) is 10.3. The standard InChI is InChI=1S/C18H31N3O4S/c1-6-18(19,7-2)12-20-17(22)16(13(3)4)21-26(23,24)15-10-8-14(25-5)9-11-15/h8-11,13,16,21H,6-7,12,19H2,1-5H3,(H,20,22). The summed E-state index contributed by atoms with van der Waals surface area (Å²) in [5, 5.41) is 2.79. The van der Waals surface area contributed by atoms with Crippen LogP contribution in [0.5, 0.6) is 5.75 Å². The van der Waals surface area contributed by atoms with Gasteiger partial charge in [0.15, 0.2) is 0 Å². The highest BCUT2D eigenvalue weighted by Gasteiger charge is 2.30. The molecule has 148 valence electrons. The van der Waals surface area contributed by atoms with Gasteiger partial charge in [-0.25, -0.2) is 8.42 Å². The molecular formula is C18H31N3O4S. The zero-order chi connectivity index (χ0) is 20.0. The second kappa shape index (κ2) is 9.34. The molecule has 1 unspecified atom stereocenters. The third-order valence-electron chi connectivity index (χ3n) is 4.62. The number of carbonyl (C=O) groups excluding carboxylic acids is 1. The van der Waals surface area contributed by atoms with Gasteiger partial charge in [-0.05, 0) is 43.0 Å². The van der Waals surface area contributed by atoms with E-state index >= 15 is 0 Å². The minimum absolute atomic E-state index is 0.0760. The molecule has 0 saturated heterocycles. The highest BCUT2D eigenvalue weighted by molar-refractivity contribution is 7.89. The number of nitrogens with two attached hydrogens (primary N) is 1. The smallest absolute Gasteiger partial charge is 0.241 e. The number of nitrogens with one attached hydrogen (secondary N) is 2. The van der Waals surface area contributed by atoms with Crippen LogP contribution in [0.4, 0.5) is 0 Å². The number of ether oxygens (including phenoxy) is 1. The number of benzene rings is 1.